The number of hydrogen-bond donors (Lipinski definition) is 1. The summed E-state index contributed by atoms with van der Waals surface area (Å²) < 4.78 is 24.4. The average molecular weight is 256 g/mol. The van der Waals surface area contributed by atoms with Crippen LogP contribution in [0.15, 0.2) is 24.3 Å². The van der Waals surface area contributed by atoms with E-state index in [9.17, 15) is 8.78 Å². The molecule has 2 nitrogen and oxygen atoms in total. The summed E-state index contributed by atoms with van der Waals surface area (Å²) in [5, 5.41) is 3.25. The van der Waals surface area contributed by atoms with Crippen molar-refractivity contribution >= 4 is 0 Å². The van der Waals surface area contributed by atoms with Gasteiger partial charge >= 0.3 is 0 Å². The monoisotopic (exact) mass is 256 g/mol. The Hall–Kier alpha value is -1.00. The highest BCUT2D eigenvalue weighted by Gasteiger charge is 2.13. The van der Waals surface area contributed by atoms with Crippen LogP contribution in [-0.2, 0) is 0 Å². The zero-order valence-electron chi connectivity index (χ0n) is 11.3. The molecule has 1 rings (SSSR count). The summed E-state index contributed by atoms with van der Waals surface area (Å²) in [5.41, 5.74) is 2.47. The molecule has 0 saturated carbocycles. The van der Waals surface area contributed by atoms with Crippen molar-refractivity contribution in [3.63, 3.8) is 0 Å². The molecule has 1 unspecified atom stereocenters. The van der Waals surface area contributed by atoms with Crippen LogP contribution in [0.1, 0.15) is 23.6 Å². The van der Waals surface area contributed by atoms with E-state index < -0.39 is 6.43 Å². The van der Waals surface area contributed by atoms with Crippen molar-refractivity contribution in [2.75, 3.05) is 27.2 Å². The Morgan fingerprint density at radius 3 is 2.50 bits per heavy atom. The molecular formula is C14H22F2N2. The maximum atomic E-state index is 12.2. The molecule has 4 heteroatoms. The molecule has 0 bridgehead atoms. The van der Waals surface area contributed by atoms with E-state index in [1.165, 1.54) is 11.1 Å². The van der Waals surface area contributed by atoms with E-state index in [4.69, 9.17) is 0 Å². The van der Waals surface area contributed by atoms with Crippen LogP contribution in [0.25, 0.3) is 0 Å². The van der Waals surface area contributed by atoms with E-state index in [-0.39, 0.29) is 12.6 Å². The molecule has 1 atom stereocenters. The second-order valence-corrected chi connectivity index (χ2v) is 4.64. The first kappa shape index (κ1) is 15.1. The molecule has 102 valence electrons. The van der Waals surface area contributed by atoms with Crippen LogP contribution in [-0.4, -0.2) is 38.5 Å². The minimum atomic E-state index is -2.26. The number of alkyl halides is 2. The lowest BCUT2D eigenvalue weighted by Gasteiger charge is -2.22. The molecule has 1 aromatic carbocycles. The zero-order chi connectivity index (χ0) is 13.5. The molecular weight excluding hydrogens is 234 g/mol. The lowest BCUT2D eigenvalue weighted by molar-refractivity contribution is 0.0986. The van der Waals surface area contributed by atoms with Gasteiger partial charge in [-0.05, 0) is 45.1 Å². The van der Waals surface area contributed by atoms with E-state index >= 15 is 0 Å². The van der Waals surface area contributed by atoms with Crippen molar-refractivity contribution in [1.82, 2.24) is 10.2 Å². The van der Waals surface area contributed by atoms with Gasteiger partial charge in [0, 0.05) is 6.04 Å². The fraction of sp³-hybridized carbons (Fsp3) is 0.571. The van der Waals surface area contributed by atoms with E-state index in [0.29, 0.717) is 6.54 Å². The molecule has 0 aliphatic carbocycles. The first-order valence-corrected chi connectivity index (χ1v) is 6.24. The van der Waals surface area contributed by atoms with Crippen LogP contribution < -0.4 is 5.32 Å². The van der Waals surface area contributed by atoms with Crippen LogP contribution in [0.2, 0.25) is 0 Å². The Morgan fingerprint density at radius 2 is 1.94 bits per heavy atom. The average Bonchev–Trinajstić information content (AvgIpc) is 2.31. The third-order valence-electron chi connectivity index (χ3n) is 3.16. The highest BCUT2D eigenvalue weighted by Crippen LogP contribution is 2.20. The van der Waals surface area contributed by atoms with Gasteiger partial charge < -0.3 is 10.2 Å². The number of nitrogens with one attached hydrogen (secondary N) is 1. The normalized spacial score (nSPS) is 13.3. The topological polar surface area (TPSA) is 15.3 Å². The number of nitrogens with zero attached hydrogens (tertiary/aromatic N) is 1. The molecule has 1 N–H and O–H groups in total. The standard InChI is InChI=1S/C14H22F2N2/c1-11-6-4-5-7-12(11)13(17-2)8-9-18(3)10-14(15)16/h4-7,13-14,17H,8-10H2,1-3H3. The molecule has 0 aliphatic rings. The van der Waals surface area contributed by atoms with Gasteiger partial charge in [-0.2, -0.15) is 0 Å². The summed E-state index contributed by atoms with van der Waals surface area (Å²) in [6, 6.07) is 8.39. The van der Waals surface area contributed by atoms with Crippen LogP contribution in [0.5, 0.6) is 0 Å². The summed E-state index contributed by atoms with van der Waals surface area (Å²) in [6.45, 7) is 2.57. The Labute approximate surface area is 108 Å². The smallest absolute Gasteiger partial charge is 0.251 e. The summed E-state index contributed by atoms with van der Waals surface area (Å²) in [5.74, 6) is 0. The first-order chi connectivity index (χ1) is 8.54. The van der Waals surface area contributed by atoms with Crippen molar-refractivity contribution < 1.29 is 8.78 Å². The molecule has 0 aromatic heterocycles. The summed E-state index contributed by atoms with van der Waals surface area (Å²) in [4.78, 5) is 1.67. The fourth-order valence-electron chi connectivity index (χ4n) is 2.11. The largest absolute Gasteiger partial charge is 0.313 e. The van der Waals surface area contributed by atoms with E-state index in [1.54, 1.807) is 11.9 Å². The third kappa shape index (κ3) is 4.70. The summed E-state index contributed by atoms with van der Waals surface area (Å²) in [7, 11) is 3.64. The molecule has 0 amide bonds. The van der Waals surface area contributed by atoms with Gasteiger partial charge in [0.1, 0.15) is 0 Å². The highest BCUT2D eigenvalue weighted by molar-refractivity contribution is 5.28. The van der Waals surface area contributed by atoms with Crippen LogP contribution in [0.4, 0.5) is 8.78 Å². The Morgan fingerprint density at radius 1 is 1.28 bits per heavy atom. The predicted molar refractivity (Wildman–Crippen MR) is 71.1 cm³/mol. The van der Waals surface area contributed by atoms with Gasteiger partial charge in [-0.3, -0.25) is 0 Å². The van der Waals surface area contributed by atoms with Crippen LogP contribution >= 0.6 is 0 Å². The quantitative estimate of drug-likeness (QED) is 0.807. The lowest BCUT2D eigenvalue weighted by Crippen LogP contribution is -2.29. The number of benzene rings is 1. The van der Waals surface area contributed by atoms with E-state index in [2.05, 4.69) is 24.4 Å². The summed E-state index contributed by atoms with van der Waals surface area (Å²) in [6.07, 6.45) is -1.44. The molecule has 0 fully saturated rings. The SMILES string of the molecule is CNC(CCN(C)CC(F)F)c1ccccc1C. The molecule has 0 aliphatic heterocycles. The molecule has 0 radical (unpaired) electrons. The second kappa shape index (κ2) is 7.44. The van der Waals surface area contributed by atoms with Crippen molar-refractivity contribution in [1.29, 1.82) is 0 Å². The maximum Gasteiger partial charge on any atom is 0.251 e. The molecule has 1 aromatic rings. The van der Waals surface area contributed by atoms with Crippen molar-refractivity contribution in [2.45, 2.75) is 25.8 Å². The first-order valence-electron chi connectivity index (χ1n) is 6.24. The zero-order valence-corrected chi connectivity index (χ0v) is 11.3. The molecule has 18 heavy (non-hydrogen) atoms. The minimum absolute atomic E-state index is 0.162. The van der Waals surface area contributed by atoms with Gasteiger partial charge in [-0.25, -0.2) is 8.78 Å². The Bertz CT molecular complexity index is 355. The van der Waals surface area contributed by atoms with E-state index in [1.807, 2.05) is 19.2 Å². The number of hydrogen-bond acceptors (Lipinski definition) is 2. The van der Waals surface area contributed by atoms with Crippen molar-refractivity contribution in [3.05, 3.63) is 35.4 Å². The van der Waals surface area contributed by atoms with Gasteiger partial charge in [0.2, 0.25) is 0 Å². The lowest BCUT2D eigenvalue weighted by atomic mass is 9.99. The fourth-order valence-corrected chi connectivity index (χ4v) is 2.11. The maximum absolute atomic E-state index is 12.2. The summed E-state index contributed by atoms with van der Waals surface area (Å²) >= 11 is 0. The molecule has 0 saturated heterocycles. The third-order valence-corrected chi connectivity index (χ3v) is 3.16. The van der Waals surface area contributed by atoms with Crippen LogP contribution in [0, 0.1) is 6.92 Å². The predicted octanol–water partition coefficient (Wildman–Crippen LogP) is 2.84. The highest BCUT2D eigenvalue weighted by atomic mass is 19.3. The molecule has 0 heterocycles. The Balaban J connectivity index is 2.55. The van der Waals surface area contributed by atoms with Crippen molar-refractivity contribution in [2.24, 2.45) is 0 Å². The van der Waals surface area contributed by atoms with Gasteiger partial charge in [0.25, 0.3) is 6.43 Å². The number of halogens is 2. The van der Waals surface area contributed by atoms with Gasteiger partial charge in [0.15, 0.2) is 0 Å². The van der Waals surface area contributed by atoms with Crippen LogP contribution in [0.3, 0.4) is 0 Å². The minimum Gasteiger partial charge on any atom is -0.313 e. The van der Waals surface area contributed by atoms with Gasteiger partial charge in [-0.15, -0.1) is 0 Å². The Kier molecular flexibility index (Phi) is 6.22. The second-order valence-electron chi connectivity index (χ2n) is 4.64. The van der Waals surface area contributed by atoms with Crippen molar-refractivity contribution in [3.8, 4) is 0 Å². The molecule has 0 spiro atoms. The van der Waals surface area contributed by atoms with E-state index in [0.717, 1.165) is 6.42 Å². The number of aryl methyl sites for hydroxylation is 1. The number of rotatable bonds is 7. The van der Waals surface area contributed by atoms with Gasteiger partial charge in [0.05, 0.1) is 6.54 Å². The van der Waals surface area contributed by atoms with Gasteiger partial charge in [-0.1, -0.05) is 24.3 Å².